The number of benzene rings is 6. The van der Waals surface area contributed by atoms with Crippen LogP contribution in [0.5, 0.6) is 0 Å². The van der Waals surface area contributed by atoms with Crippen molar-refractivity contribution in [3.8, 4) is 22.5 Å². The third-order valence-electron chi connectivity index (χ3n) is 9.09. The highest BCUT2D eigenvalue weighted by atomic mass is 32.1. The lowest BCUT2D eigenvalue weighted by Gasteiger charge is -2.10. The Balaban J connectivity index is 1.36. The summed E-state index contributed by atoms with van der Waals surface area (Å²) in [4.78, 5) is 8.61. The van der Waals surface area contributed by atoms with Crippen LogP contribution in [0, 0.1) is 0 Å². The molecule has 6 aromatic carbocycles. The van der Waals surface area contributed by atoms with E-state index in [2.05, 4.69) is 146 Å². The molecule has 10 rings (SSSR count). The number of hydrogen-bond acceptors (Lipinski definition) is 3. The van der Waals surface area contributed by atoms with Gasteiger partial charge in [0.1, 0.15) is 6.33 Å². The number of fused-ring (bicyclic) bond motifs is 10. The summed E-state index contributed by atoms with van der Waals surface area (Å²) in [5, 5.41) is 7.63. The summed E-state index contributed by atoms with van der Waals surface area (Å²) in [6, 6.07) is 46.4. The summed E-state index contributed by atoms with van der Waals surface area (Å²) in [6.45, 7) is 0. The van der Waals surface area contributed by atoms with Crippen LogP contribution in [0.1, 0.15) is 0 Å². The van der Waals surface area contributed by atoms with E-state index in [1.54, 1.807) is 6.33 Å². The molecule has 0 unspecified atom stereocenters. The highest BCUT2D eigenvalue weighted by Gasteiger charge is 2.21. The standard InChI is InChI=1S/C40H24N4S/c1-2-8-27(9-3-1)43-33-12-6-4-11-31(33)39-34(43)18-19-35-40(39)32-16-14-25(26-22-41-24-42-23-26)20-36(32)44(35)28-15-17-30-29-10-5-7-13-37(29)45-38(30)21-28/h1-24H. The van der Waals surface area contributed by atoms with Crippen LogP contribution >= 0.6 is 11.3 Å². The van der Waals surface area contributed by atoms with Crippen molar-refractivity contribution < 1.29 is 0 Å². The molecule has 0 saturated carbocycles. The molecule has 210 valence electrons. The Morgan fingerprint density at radius 3 is 1.89 bits per heavy atom. The van der Waals surface area contributed by atoms with Gasteiger partial charge in [-0.05, 0) is 60.2 Å². The van der Waals surface area contributed by atoms with E-state index in [1.807, 2.05) is 23.7 Å². The van der Waals surface area contributed by atoms with Gasteiger partial charge in [0.25, 0.3) is 0 Å². The minimum absolute atomic E-state index is 1.00. The summed E-state index contributed by atoms with van der Waals surface area (Å²) in [5.41, 5.74) is 9.17. The molecule has 0 atom stereocenters. The van der Waals surface area contributed by atoms with Crippen molar-refractivity contribution in [1.29, 1.82) is 0 Å². The van der Waals surface area contributed by atoms with Gasteiger partial charge in [-0.3, -0.25) is 0 Å². The molecule has 0 aliphatic rings. The number of nitrogens with zero attached hydrogens (tertiary/aromatic N) is 4. The third kappa shape index (κ3) is 3.53. The minimum atomic E-state index is 1.00. The molecule has 0 radical (unpaired) electrons. The Kier molecular flexibility index (Phi) is 5.12. The van der Waals surface area contributed by atoms with Gasteiger partial charge in [0.2, 0.25) is 0 Å². The second-order valence-corrected chi connectivity index (χ2v) is 12.6. The maximum Gasteiger partial charge on any atom is 0.115 e. The number of thiophene rings is 1. The van der Waals surface area contributed by atoms with Crippen molar-refractivity contribution in [3.63, 3.8) is 0 Å². The fraction of sp³-hybridized carbons (Fsp3) is 0. The van der Waals surface area contributed by atoms with E-state index in [-0.39, 0.29) is 0 Å². The molecule has 4 aromatic heterocycles. The number of rotatable bonds is 3. The minimum Gasteiger partial charge on any atom is -0.309 e. The molecule has 4 heterocycles. The average molecular weight is 593 g/mol. The van der Waals surface area contributed by atoms with Gasteiger partial charge >= 0.3 is 0 Å². The predicted octanol–water partition coefficient (Wildman–Crippen LogP) is 10.7. The van der Waals surface area contributed by atoms with Crippen LogP contribution in [-0.4, -0.2) is 19.1 Å². The Hall–Kier alpha value is -5.78. The lowest BCUT2D eigenvalue weighted by molar-refractivity contribution is 1.17. The van der Waals surface area contributed by atoms with Crippen molar-refractivity contribution in [2.75, 3.05) is 0 Å². The van der Waals surface area contributed by atoms with E-state index < -0.39 is 0 Å². The van der Waals surface area contributed by atoms with Crippen molar-refractivity contribution in [1.82, 2.24) is 19.1 Å². The van der Waals surface area contributed by atoms with E-state index in [9.17, 15) is 0 Å². The van der Waals surface area contributed by atoms with Crippen LogP contribution in [0.3, 0.4) is 0 Å². The molecule has 4 nitrogen and oxygen atoms in total. The Bertz CT molecular complexity index is 2750. The lowest BCUT2D eigenvalue weighted by atomic mass is 10.0. The maximum absolute atomic E-state index is 4.31. The fourth-order valence-corrected chi connectivity index (χ4v) is 8.32. The molecule has 10 aromatic rings. The molecule has 0 amide bonds. The first-order valence-corrected chi connectivity index (χ1v) is 15.9. The molecule has 0 saturated heterocycles. The van der Waals surface area contributed by atoms with Gasteiger partial charge in [0.15, 0.2) is 0 Å². The SMILES string of the molecule is c1ccc(-n2c3ccccc3c3c4c5ccc(-c6cncnc6)cc5n(-c5ccc6c(c5)sc5ccccc56)c4ccc32)cc1. The van der Waals surface area contributed by atoms with Gasteiger partial charge in [-0.2, -0.15) is 0 Å². The first kappa shape index (κ1) is 24.6. The lowest BCUT2D eigenvalue weighted by Crippen LogP contribution is -1.95. The number of para-hydroxylation sites is 2. The normalized spacial score (nSPS) is 12.0. The molecular formula is C40H24N4S. The summed E-state index contributed by atoms with van der Waals surface area (Å²) in [7, 11) is 0. The molecule has 0 N–H and O–H groups in total. The molecule has 0 fully saturated rings. The van der Waals surface area contributed by atoms with E-state index in [0.29, 0.717) is 0 Å². The van der Waals surface area contributed by atoms with E-state index in [4.69, 9.17) is 0 Å². The first-order valence-electron chi connectivity index (χ1n) is 15.1. The summed E-state index contributed by atoms with van der Waals surface area (Å²) in [6.07, 6.45) is 5.35. The van der Waals surface area contributed by atoms with Gasteiger partial charge in [0.05, 0.1) is 22.1 Å². The van der Waals surface area contributed by atoms with Crippen LogP contribution in [-0.2, 0) is 0 Å². The summed E-state index contributed by atoms with van der Waals surface area (Å²) < 4.78 is 7.44. The zero-order chi connectivity index (χ0) is 29.5. The number of hydrogen-bond donors (Lipinski definition) is 0. The van der Waals surface area contributed by atoms with E-state index in [0.717, 1.165) is 28.0 Å². The fourth-order valence-electron chi connectivity index (χ4n) is 7.18. The predicted molar refractivity (Wildman–Crippen MR) is 189 cm³/mol. The Labute approximate surface area is 262 Å². The van der Waals surface area contributed by atoms with Crippen LogP contribution < -0.4 is 0 Å². The second kappa shape index (κ2) is 9.36. The number of aromatic nitrogens is 4. The van der Waals surface area contributed by atoms with Crippen LogP contribution in [0.2, 0.25) is 0 Å². The van der Waals surface area contributed by atoms with Crippen LogP contribution in [0.15, 0.2) is 146 Å². The Morgan fingerprint density at radius 2 is 1.07 bits per heavy atom. The maximum atomic E-state index is 4.31. The van der Waals surface area contributed by atoms with Gasteiger partial charge in [-0.15, -0.1) is 11.3 Å². The van der Waals surface area contributed by atoms with Crippen molar-refractivity contribution in [2.45, 2.75) is 0 Å². The quantitative estimate of drug-likeness (QED) is 0.205. The summed E-state index contributed by atoms with van der Waals surface area (Å²) in [5.74, 6) is 0. The van der Waals surface area contributed by atoms with Crippen LogP contribution in [0.25, 0.3) is 86.3 Å². The van der Waals surface area contributed by atoms with Crippen LogP contribution in [0.4, 0.5) is 0 Å². The highest BCUT2D eigenvalue weighted by molar-refractivity contribution is 7.25. The molecular weight excluding hydrogens is 569 g/mol. The van der Waals surface area contributed by atoms with E-state index in [1.165, 1.54) is 58.3 Å². The van der Waals surface area contributed by atoms with Gasteiger partial charge in [-0.1, -0.05) is 72.8 Å². The summed E-state index contributed by atoms with van der Waals surface area (Å²) >= 11 is 1.86. The molecule has 0 spiro atoms. The first-order chi connectivity index (χ1) is 22.3. The topological polar surface area (TPSA) is 35.6 Å². The smallest absolute Gasteiger partial charge is 0.115 e. The van der Waals surface area contributed by atoms with Crippen molar-refractivity contribution in [3.05, 3.63) is 146 Å². The molecule has 45 heavy (non-hydrogen) atoms. The third-order valence-corrected chi connectivity index (χ3v) is 10.2. The average Bonchev–Trinajstić information content (AvgIpc) is 3.75. The molecule has 0 aliphatic carbocycles. The Morgan fingerprint density at radius 1 is 0.422 bits per heavy atom. The molecule has 5 heteroatoms. The van der Waals surface area contributed by atoms with Gasteiger partial charge in [0, 0.05) is 71.0 Å². The van der Waals surface area contributed by atoms with Crippen molar-refractivity contribution >= 4 is 75.1 Å². The van der Waals surface area contributed by atoms with Gasteiger partial charge < -0.3 is 9.13 Å². The largest absolute Gasteiger partial charge is 0.309 e. The van der Waals surface area contributed by atoms with Crippen molar-refractivity contribution in [2.24, 2.45) is 0 Å². The molecule has 0 bridgehead atoms. The second-order valence-electron chi connectivity index (χ2n) is 11.5. The zero-order valence-electron chi connectivity index (χ0n) is 24.1. The highest BCUT2D eigenvalue weighted by Crippen LogP contribution is 2.44. The zero-order valence-corrected chi connectivity index (χ0v) is 24.9. The molecule has 0 aliphatic heterocycles. The monoisotopic (exact) mass is 592 g/mol. The van der Waals surface area contributed by atoms with E-state index >= 15 is 0 Å². The van der Waals surface area contributed by atoms with Gasteiger partial charge in [-0.25, -0.2) is 9.97 Å².